The average Bonchev–Trinajstić information content (AvgIpc) is 1.87. The van der Waals surface area contributed by atoms with Gasteiger partial charge in [-0.05, 0) is 0 Å². The van der Waals surface area contributed by atoms with Gasteiger partial charge in [-0.25, -0.2) is 0 Å². The molecule has 0 spiro atoms. The van der Waals surface area contributed by atoms with Crippen LogP contribution in [0.2, 0.25) is 0 Å². The SMILES string of the molecule is O=C(NS)SC(=O)NS. The zero-order valence-corrected chi connectivity index (χ0v) is 6.72. The molecule has 0 saturated heterocycles. The zero-order valence-electron chi connectivity index (χ0n) is 4.12. The lowest BCUT2D eigenvalue weighted by Crippen LogP contribution is -2.13. The summed E-state index contributed by atoms with van der Waals surface area (Å²) in [4.78, 5) is 20.5. The standard InChI is InChI=1S/C2H4N2O2S3/c5-1(3-7)9-2(6)4-8/h7-8H,(H,3,5)(H,4,6). The zero-order chi connectivity index (χ0) is 7.28. The first-order chi connectivity index (χ1) is 4.20. The summed E-state index contributed by atoms with van der Waals surface area (Å²) in [6.07, 6.45) is 0. The Morgan fingerprint density at radius 2 is 1.44 bits per heavy atom. The van der Waals surface area contributed by atoms with Crippen LogP contribution in [0.25, 0.3) is 0 Å². The van der Waals surface area contributed by atoms with E-state index in [2.05, 4.69) is 25.6 Å². The van der Waals surface area contributed by atoms with Crippen molar-refractivity contribution in [3.8, 4) is 0 Å². The highest BCUT2D eigenvalue weighted by Crippen LogP contribution is 2.02. The van der Waals surface area contributed by atoms with Crippen LogP contribution in [0.5, 0.6) is 0 Å². The molecular weight excluding hydrogens is 180 g/mol. The number of rotatable bonds is 0. The van der Waals surface area contributed by atoms with Crippen LogP contribution in [0.1, 0.15) is 0 Å². The van der Waals surface area contributed by atoms with Gasteiger partial charge in [-0.1, -0.05) is 25.6 Å². The van der Waals surface area contributed by atoms with Crippen molar-refractivity contribution in [1.29, 1.82) is 0 Å². The quantitative estimate of drug-likeness (QED) is 0.422. The van der Waals surface area contributed by atoms with E-state index in [0.717, 1.165) is 0 Å². The maximum atomic E-state index is 10.3. The Morgan fingerprint density at radius 3 is 1.67 bits per heavy atom. The van der Waals surface area contributed by atoms with E-state index in [9.17, 15) is 9.59 Å². The normalized spacial score (nSPS) is 8.22. The lowest BCUT2D eigenvalue weighted by Gasteiger charge is -1.93. The summed E-state index contributed by atoms with van der Waals surface area (Å²) in [7, 11) is 0. The lowest BCUT2D eigenvalue weighted by atomic mass is 11.4. The third-order valence-corrected chi connectivity index (χ3v) is 1.65. The number of carbonyl (C=O) groups excluding carboxylic acids is 2. The Kier molecular flexibility index (Phi) is 4.83. The van der Waals surface area contributed by atoms with Crippen molar-refractivity contribution in [2.75, 3.05) is 0 Å². The van der Waals surface area contributed by atoms with E-state index in [-0.39, 0.29) is 0 Å². The van der Waals surface area contributed by atoms with E-state index < -0.39 is 10.5 Å². The first-order valence-electron chi connectivity index (χ1n) is 1.76. The molecule has 0 rings (SSSR count). The topological polar surface area (TPSA) is 58.2 Å². The van der Waals surface area contributed by atoms with Gasteiger partial charge in [0.1, 0.15) is 0 Å². The molecule has 0 aromatic rings. The molecule has 4 nitrogen and oxygen atoms in total. The maximum Gasteiger partial charge on any atom is 0.298 e. The van der Waals surface area contributed by atoms with Crippen LogP contribution in [0.15, 0.2) is 0 Å². The second kappa shape index (κ2) is 4.83. The van der Waals surface area contributed by atoms with Gasteiger partial charge in [0.2, 0.25) is 0 Å². The summed E-state index contributed by atoms with van der Waals surface area (Å²) in [5.41, 5.74) is 0. The van der Waals surface area contributed by atoms with Crippen molar-refractivity contribution in [1.82, 2.24) is 9.44 Å². The molecule has 0 bridgehead atoms. The molecule has 0 aliphatic carbocycles. The van der Waals surface area contributed by atoms with Crippen molar-refractivity contribution in [3.05, 3.63) is 0 Å². The summed E-state index contributed by atoms with van der Waals surface area (Å²) in [5, 5.41) is -1.07. The Hall–Kier alpha value is -0.0100. The number of thioether (sulfide) groups is 1. The number of thiol groups is 2. The van der Waals surface area contributed by atoms with Crippen molar-refractivity contribution in [2.45, 2.75) is 0 Å². The molecule has 0 atom stereocenters. The highest BCUT2D eigenvalue weighted by Gasteiger charge is 2.05. The van der Waals surface area contributed by atoms with Crippen molar-refractivity contribution < 1.29 is 9.59 Å². The molecule has 7 heteroatoms. The smallest absolute Gasteiger partial charge is 0.293 e. The minimum atomic E-state index is -0.537. The molecular formula is C2H4N2O2S3. The Balaban J connectivity index is 3.47. The number of nitrogens with one attached hydrogen (secondary N) is 2. The van der Waals surface area contributed by atoms with Gasteiger partial charge in [-0.3, -0.25) is 19.0 Å². The number of carbonyl (C=O) groups is 2. The van der Waals surface area contributed by atoms with E-state index in [4.69, 9.17) is 0 Å². The molecule has 0 saturated carbocycles. The van der Waals surface area contributed by atoms with Crippen molar-refractivity contribution in [2.24, 2.45) is 0 Å². The predicted molar refractivity (Wildman–Crippen MR) is 42.6 cm³/mol. The first-order valence-corrected chi connectivity index (χ1v) is 3.47. The van der Waals surface area contributed by atoms with Crippen LogP contribution in [0.4, 0.5) is 9.59 Å². The van der Waals surface area contributed by atoms with E-state index in [1.807, 2.05) is 9.44 Å². The minimum Gasteiger partial charge on any atom is -0.293 e. The van der Waals surface area contributed by atoms with Gasteiger partial charge in [-0.15, -0.1) is 0 Å². The molecule has 0 radical (unpaired) electrons. The predicted octanol–water partition coefficient (Wildman–Crippen LogP) is 0.828. The van der Waals surface area contributed by atoms with E-state index in [1.54, 1.807) is 0 Å². The van der Waals surface area contributed by atoms with Crippen molar-refractivity contribution in [3.63, 3.8) is 0 Å². The lowest BCUT2D eigenvalue weighted by molar-refractivity contribution is 0.262. The highest BCUT2D eigenvalue weighted by molar-refractivity contribution is 8.26. The van der Waals surface area contributed by atoms with Gasteiger partial charge >= 0.3 is 0 Å². The van der Waals surface area contributed by atoms with Gasteiger partial charge in [-0.2, -0.15) is 0 Å². The van der Waals surface area contributed by atoms with Gasteiger partial charge in [0, 0.05) is 11.8 Å². The fourth-order valence-electron chi connectivity index (χ4n) is 0.130. The third kappa shape index (κ3) is 4.49. The summed E-state index contributed by atoms with van der Waals surface area (Å²) in [6.45, 7) is 0. The van der Waals surface area contributed by atoms with Crippen LogP contribution in [-0.4, -0.2) is 10.5 Å². The summed E-state index contributed by atoms with van der Waals surface area (Å²) in [6, 6.07) is 0. The van der Waals surface area contributed by atoms with Gasteiger partial charge in [0.15, 0.2) is 0 Å². The molecule has 52 valence electrons. The second-order valence-electron chi connectivity index (χ2n) is 0.901. The molecule has 2 N–H and O–H groups in total. The molecule has 0 unspecified atom stereocenters. The van der Waals surface area contributed by atoms with Gasteiger partial charge in [0.25, 0.3) is 10.5 Å². The maximum absolute atomic E-state index is 10.3. The van der Waals surface area contributed by atoms with Crippen LogP contribution >= 0.6 is 37.4 Å². The fraction of sp³-hybridized carbons (Fsp3) is 0. The molecule has 0 fully saturated rings. The fourth-order valence-corrected chi connectivity index (χ4v) is 0.663. The molecule has 9 heavy (non-hydrogen) atoms. The molecule has 0 aliphatic rings. The average molecular weight is 184 g/mol. The molecule has 0 aromatic carbocycles. The van der Waals surface area contributed by atoms with Gasteiger partial charge in [0.05, 0.1) is 0 Å². The number of amides is 2. The van der Waals surface area contributed by atoms with E-state index in [1.165, 1.54) is 0 Å². The van der Waals surface area contributed by atoms with E-state index >= 15 is 0 Å². The molecule has 0 heterocycles. The highest BCUT2D eigenvalue weighted by atomic mass is 32.2. The molecule has 2 amide bonds. The monoisotopic (exact) mass is 184 g/mol. The number of hydrogen-bond donors (Lipinski definition) is 4. The largest absolute Gasteiger partial charge is 0.298 e. The summed E-state index contributed by atoms with van der Waals surface area (Å²) >= 11 is 7.25. The molecule has 0 aliphatic heterocycles. The first kappa shape index (κ1) is 8.99. The minimum absolute atomic E-state index is 0.447. The molecule has 0 aromatic heterocycles. The summed E-state index contributed by atoms with van der Waals surface area (Å²) < 4.78 is 3.91. The van der Waals surface area contributed by atoms with Gasteiger partial charge < -0.3 is 0 Å². The van der Waals surface area contributed by atoms with Crippen LogP contribution in [-0.2, 0) is 0 Å². The Bertz CT molecular complexity index is 113. The van der Waals surface area contributed by atoms with Crippen LogP contribution in [0, 0.1) is 0 Å². The Labute approximate surface area is 67.2 Å². The second-order valence-corrected chi connectivity index (χ2v) is 2.29. The van der Waals surface area contributed by atoms with Crippen LogP contribution < -0.4 is 9.44 Å². The Morgan fingerprint density at radius 1 is 1.11 bits per heavy atom. The van der Waals surface area contributed by atoms with Crippen LogP contribution in [0.3, 0.4) is 0 Å². The third-order valence-electron chi connectivity index (χ3n) is 0.368. The van der Waals surface area contributed by atoms with Crippen molar-refractivity contribution >= 4 is 47.9 Å². The summed E-state index contributed by atoms with van der Waals surface area (Å²) in [5.74, 6) is 0. The van der Waals surface area contributed by atoms with E-state index in [0.29, 0.717) is 11.8 Å². The number of hydrogen-bond acceptors (Lipinski definition) is 5.